The van der Waals surface area contributed by atoms with E-state index in [2.05, 4.69) is 26.0 Å². The Labute approximate surface area is 113 Å². The third-order valence-corrected chi connectivity index (χ3v) is 4.68. The second-order valence-electron chi connectivity index (χ2n) is 5.08. The van der Waals surface area contributed by atoms with Crippen molar-refractivity contribution in [1.82, 2.24) is 0 Å². The van der Waals surface area contributed by atoms with Gasteiger partial charge in [-0.1, -0.05) is 18.2 Å². The van der Waals surface area contributed by atoms with Gasteiger partial charge in [-0.3, -0.25) is 4.79 Å². The van der Waals surface area contributed by atoms with Crippen LogP contribution in [0.4, 0.5) is 0 Å². The third kappa shape index (κ3) is 3.50. The zero-order chi connectivity index (χ0) is 13.9. The minimum atomic E-state index is -0.950. The number of carboxylic acid groups (broad SMARTS) is 1. The van der Waals surface area contributed by atoms with Crippen molar-refractivity contribution in [1.29, 1.82) is 0 Å². The molecule has 1 aromatic rings. The molecule has 3 N–H and O–H groups in total. The van der Waals surface area contributed by atoms with Gasteiger partial charge in [0.05, 0.1) is 0 Å². The van der Waals surface area contributed by atoms with E-state index < -0.39 is 16.8 Å². The summed E-state index contributed by atoms with van der Waals surface area (Å²) >= 11 is 1.59. The molecular formula is C14H21NO2S. The van der Waals surface area contributed by atoms with Crippen molar-refractivity contribution in [2.24, 2.45) is 5.73 Å². The van der Waals surface area contributed by atoms with E-state index in [1.807, 2.05) is 19.9 Å². The molecule has 0 aliphatic rings. The molecule has 0 fully saturated rings. The standard InChI is InChI=1S/C14H21NO2S/c1-9-6-5-7-10(2)11(9)8-18-14(3,4)12(15)13(16)17/h5-7,12H,8,15H2,1-4H3,(H,16,17)/t12-/m1/s1. The fraction of sp³-hybridized carbons (Fsp3) is 0.500. The fourth-order valence-corrected chi connectivity index (χ4v) is 2.97. The third-order valence-electron chi connectivity index (χ3n) is 3.25. The van der Waals surface area contributed by atoms with Gasteiger partial charge < -0.3 is 10.8 Å². The Kier molecular flexibility index (Phi) is 4.82. The predicted molar refractivity (Wildman–Crippen MR) is 76.9 cm³/mol. The number of carbonyl (C=O) groups is 1. The average Bonchev–Trinajstić information content (AvgIpc) is 2.27. The zero-order valence-electron chi connectivity index (χ0n) is 11.4. The van der Waals surface area contributed by atoms with E-state index in [1.165, 1.54) is 16.7 Å². The molecule has 3 nitrogen and oxygen atoms in total. The molecular weight excluding hydrogens is 246 g/mol. The molecule has 4 heteroatoms. The number of hydrogen-bond donors (Lipinski definition) is 2. The van der Waals surface area contributed by atoms with E-state index in [9.17, 15) is 4.79 Å². The van der Waals surface area contributed by atoms with Crippen LogP contribution >= 0.6 is 11.8 Å². The Morgan fingerprint density at radius 1 is 1.39 bits per heavy atom. The quantitative estimate of drug-likeness (QED) is 0.861. The van der Waals surface area contributed by atoms with Crippen molar-refractivity contribution in [2.45, 2.75) is 44.2 Å². The topological polar surface area (TPSA) is 63.3 Å². The van der Waals surface area contributed by atoms with Crippen LogP contribution in [0.2, 0.25) is 0 Å². The minimum Gasteiger partial charge on any atom is -0.480 e. The van der Waals surface area contributed by atoms with Gasteiger partial charge in [-0.15, -0.1) is 11.8 Å². The zero-order valence-corrected chi connectivity index (χ0v) is 12.2. The molecule has 1 aromatic carbocycles. The first kappa shape index (κ1) is 15.1. The normalized spacial score (nSPS) is 13.4. The van der Waals surface area contributed by atoms with Gasteiger partial charge in [0.2, 0.25) is 0 Å². The van der Waals surface area contributed by atoms with Crippen molar-refractivity contribution in [3.8, 4) is 0 Å². The van der Waals surface area contributed by atoms with E-state index in [4.69, 9.17) is 10.8 Å². The molecule has 0 aliphatic heterocycles. The second kappa shape index (κ2) is 5.76. The molecule has 0 amide bonds. The summed E-state index contributed by atoms with van der Waals surface area (Å²) in [5.41, 5.74) is 9.46. The lowest BCUT2D eigenvalue weighted by molar-refractivity contribution is -0.139. The molecule has 100 valence electrons. The van der Waals surface area contributed by atoms with Gasteiger partial charge in [0.25, 0.3) is 0 Å². The highest BCUT2D eigenvalue weighted by Crippen LogP contribution is 2.32. The van der Waals surface area contributed by atoms with Gasteiger partial charge in [0.15, 0.2) is 0 Å². The van der Waals surface area contributed by atoms with Crippen LogP contribution < -0.4 is 5.73 Å². The van der Waals surface area contributed by atoms with Crippen LogP contribution in [-0.4, -0.2) is 21.9 Å². The van der Waals surface area contributed by atoms with E-state index in [1.54, 1.807) is 11.8 Å². The Morgan fingerprint density at radius 2 is 1.89 bits per heavy atom. The molecule has 0 heterocycles. The summed E-state index contributed by atoms with van der Waals surface area (Å²) in [7, 11) is 0. The molecule has 0 spiro atoms. The van der Waals surface area contributed by atoms with E-state index in [0.29, 0.717) is 0 Å². The Bertz CT molecular complexity index is 423. The summed E-state index contributed by atoms with van der Waals surface area (Å²) in [6.45, 7) is 7.91. The van der Waals surface area contributed by atoms with Gasteiger partial charge in [0, 0.05) is 10.5 Å². The number of hydrogen-bond acceptors (Lipinski definition) is 3. The Morgan fingerprint density at radius 3 is 2.33 bits per heavy atom. The maximum Gasteiger partial charge on any atom is 0.321 e. The number of aliphatic carboxylic acids is 1. The van der Waals surface area contributed by atoms with Gasteiger partial charge >= 0.3 is 5.97 Å². The van der Waals surface area contributed by atoms with Gasteiger partial charge in [-0.2, -0.15) is 0 Å². The summed E-state index contributed by atoms with van der Waals surface area (Å²) in [6.07, 6.45) is 0. The van der Waals surface area contributed by atoms with Crippen LogP contribution in [-0.2, 0) is 10.5 Å². The molecule has 0 bridgehead atoms. The highest BCUT2D eigenvalue weighted by atomic mass is 32.2. The van der Waals surface area contributed by atoms with E-state index in [0.717, 1.165) is 5.75 Å². The maximum absolute atomic E-state index is 11.0. The molecule has 0 saturated heterocycles. The van der Waals surface area contributed by atoms with Crippen LogP contribution in [0.5, 0.6) is 0 Å². The molecule has 0 aliphatic carbocycles. The summed E-state index contributed by atoms with van der Waals surface area (Å²) < 4.78 is -0.486. The van der Waals surface area contributed by atoms with Crippen molar-refractivity contribution in [3.63, 3.8) is 0 Å². The van der Waals surface area contributed by atoms with Crippen molar-refractivity contribution in [2.75, 3.05) is 0 Å². The number of carboxylic acids is 1. The smallest absolute Gasteiger partial charge is 0.321 e. The lowest BCUT2D eigenvalue weighted by Gasteiger charge is -2.28. The number of benzene rings is 1. The average molecular weight is 267 g/mol. The minimum absolute atomic E-state index is 0.486. The number of thioether (sulfide) groups is 1. The fourth-order valence-electron chi connectivity index (χ4n) is 1.72. The van der Waals surface area contributed by atoms with Crippen LogP contribution in [0.1, 0.15) is 30.5 Å². The van der Waals surface area contributed by atoms with Gasteiger partial charge in [-0.25, -0.2) is 0 Å². The van der Waals surface area contributed by atoms with Gasteiger partial charge in [0.1, 0.15) is 6.04 Å². The molecule has 0 aromatic heterocycles. The summed E-state index contributed by atoms with van der Waals surface area (Å²) in [4.78, 5) is 11.0. The number of aryl methyl sites for hydroxylation is 2. The van der Waals surface area contributed by atoms with Crippen LogP contribution in [0.3, 0.4) is 0 Å². The highest BCUT2D eigenvalue weighted by Gasteiger charge is 2.32. The second-order valence-corrected chi connectivity index (χ2v) is 6.71. The van der Waals surface area contributed by atoms with Crippen molar-refractivity contribution >= 4 is 17.7 Å². The molecule has 0 unspecified atom stereocenters. The maximum atomic E-state index is 11.0. The number of rotatable bonds is 5. The number of nitrogens with two attached hydrogens (primary N) is 1. The first-order chi connectivity index (χ1) is 8.25. The SMILES string of the molecule is Cc1cccc(C)c1CSC(C)(C)[C@H](N)C(=O)O. The molecule has 0 radical (unpaired) electrons. The lowest BCUT2D eigenvalue weighted by atomic mass is 10.0. The first-order valence-corrected chi connectivity index (χ1v) is 6.91. The molecule has 0 saturated carbocycles. The van der Waals surface area contributed by atoms with Crippen molar-refractivity contribution in [3.05, 3.63) is 34.9 Å². The Hall–Kier alpha value is -1.00. The van der Waals surface area contributed by atoms with Crippen LogP contribution in [0.15, 0.2) is 18.2 Å². The van der Waals surface area contributed by atoms with E-state index in [-0.39, 0.29) is 0 Å². The predicted octanol–water partition coefficient (Wildman–Crippen LogP) is 2.73. The van der Waals surface area contributed by atoms with E-state index >= 15 is 0 Å². The summed E-state index contributed by atoms with van der Waals surface area (Å²) in [5, 5.41) is 8.99. The van der Waals surface area contributed by atoms with Gasteiger partial charge in [-0.05, 0) is 44.4 Å². The molecule has 1 rings (SSSR count). The highest BCUT2D eigenvalue weighted by molar-refractivity contribution is 7.99. The van der Waals surface area contributed by atoms with Crippen LogP contribution in [0.25, 0.3) is 0 Å². The summed E-state index contributed by atoms with van der Waals surface area (Å²) in [6, 6.07) is 5.33. The summed E-state index contributed by atoms with van der Waals surface area (Å²) in [5.74, 6) is -0.166. The molecule has 18 heavy (non-hydrogen) atoms. The largest absolute Gasteiger partial charge is 0.480 e. The molecule has 1 atom stereocenters. The van der Waals surface area contributed by atoms with Crippen molar-refractivity contribution < 1.29 is 9.90 Å². The lowest BCUT2D eigenvalue weighted by Crippen LogP contribution is -2.46. The Balaban J connectivity index is 2.79. The first-order valence-electron chi connectivity index (χ1n) is 5.93. The van der Waals surface area contributed by atoms with Crippen LogP contribution in [0, 0.1) is 13.8 Å². The monoisotopic (exact) mass is 267 g/mol.